The fourth-order valence-electron chi connectivity index (χ4n) is 5.67. The zero-order valence-corrected chi connectivity index (χ0v) is 20.2. The molecule has 7 nitrogen and oxygen atoms in total. The van der Waals surface area contributed by atoms with Crippen LogP contribution in [0.4, 0.5) is 8.78 Å². The molecule has 1 amide bonds. The molecule has 0 aliphatic carbocycles. The molecule has 36 heavy (non-hydrogen) atoms. The number of benzene rings is 1. The number of alkyl halides is 2. The van der Waals surface area contributed by atoms with Crippen molar-refractivity contribution in [2.24, 2.45) is 0 Å². The second-order valence-electron chi connectivity index (χ2n) is 10.0. The summed E-state index contributed by atoms with van der Waals surface area (Å²) in [6.07, 6.45) is 5.08. The quantitative estimate of drug-likeness (QED) is 0.444. The average Bonchev–Trinajstić information content (AvgIpc) is 3.49. The lowest BCUT2D eigenvalue weighted by Gasteiger charge is -2.34. The zero-order valence-electron chi connectivity index (χ0n) is 20.2. The van der Waals surface area contributed by atoms with Crippen molar-refractivity contribution in [3.63, 3.8) is 0 Å². The van der Waals surface area contributed by atoms with Gasteiger partial charge in [-0.2, -0.15) is 0 Å². The molecule has 188 valence electrons. The van der Waals surface area contributed by atoms with Crippen LogP contribution < -0.4 is 0 Å². The van der Waals surface area contributed by atoms with Gasteiger partial charge in [0.2, 0.25) is 5.91 Å². The van der Waals surface area contributed by atoms with Crippen molar-refractivity contribution in [2.45, 2.75) is 50.6 Å². The van der Waals surface area contributed by atoms with Crippen LogP contribution >= 0.6 is 0 Å². The SMILES string of the molecule is O=C(Cc1nc2cnc3[nH]ccc3c2n1C1CCN(Cc2ccccc2)CC1)N1CCC(F)(F)CC1. The monoisotopic (exact) mass is 492 g/mol. The number of likely N-dealkylation sites (tertiary alicyclic amines) is 2. The van der Waals surface area contributed by atoms with Crippen LogP contribution in [-0.4, -0.2) is 67.3 Å². The van der Waals surface area contributed by atoms with Gasteiger partial charge in [-0.25, -0.2) is 18.7 Å². The van der Waals surface area contributed by atoms with Gasteiger partial charge in [0.05, 0.1) is 18.1 Å². The largest absolute Gasteiger partial charge is 0.346 e. The third kappa shape index (κ3) is 4.48. The normalized spacial score (nSPS) is 19.3. The van der Waals surface area contributed by atoms with Crippen molar-refractivity contribution in [1.82, 2.24) is 29.3 Å². The number of nitrogens with zero attached hydrogens (tertiary/aromatic N) is 5. The lowest BCUT2D eigenvalue weighted by Crippen LogP contribution is -2.43. The average molecular weight is 493 g/mol. The van der Waals surface area contributed by atoms with Gasteiger partial charge in [0.25, 0.3) is 5.92 Å². The van der Waals surface area contributed by atoms with E-state index >= 15 is 0 Å². The number of hydrogen-bond donors (Lipinski definition) is 1. The maximum atomic E-state index is 13.6. The van der Waals surface area contributed by atoms with E-state index in [1.165, 1.54) is 5.56 Å². The topological polar surface area (TPSA) is 70.0 Å². The van der Waals surface area contributed by atoms with E-state index in [4.69, 9.17) is 4.98 Å². The Hall–Kier alpha value is -3.33. The Morgan fingerprint density at radius 1 is 1.06 bits per heavy atom. The molecular weight excluding hydrogens is 462 g/mol. The van der Waals surface area contributed by atoms with Gasteiger partial charge in [0.1, 0.15) is 17.0 Å². The lowest BCUT2D eigenvalue weighted by atomic mass is 10.0. The first-order valence-electron chi connectivity index (χ1n) is 12.7. The fraction of sp³-hybridized carbons (Fsp3) is 0.444. The minimum absolute atomic E-state index is 0.0908. The standard InChI is InChI=1S/C27H30F2N6O/c28-27(29)9-14-34(15-10-27)24(36)16-23-32-22-17-31-26-21(6-11-30-26)25(22)35(23)20-7-12-33(13-8-20)18-19-4-2-1-3-5-19/h1-6,11,17,20H,7-10,12-16,18H2,(H,30,31). The van der Waals surface area contributed by atoms with Crippen molar-refractivity contribution in [3.05, 3.63) is 60.2 Å². The molecule has 2 aliphatic rings. The molecule has 0 atom stereocenters. The number of halogens is 2. The molecule has 0 saturated carbocycles. The van der Waals surface area contributed by atoms with Gasteiger partial charge >= 0.3 is 0 Å². The highest BCUT2D eigenvalue weighted by atomic mass is 19.3. The Labute approximate surface area is 208 Å². The highest BCUT2D eigenvalue weighted by molar-refractivity contribution is 6.01. The minimum Gasteiger partial charge on any atom is -0.346 e. The van der Waals surface area contributed by atoms with Crippen LogP contribution in [0.2, 0.25) is 0 Å². The van der Waals surface area contributed by atoms with Gasteiger partial charge in [0, 0.05) is 63.2 Å². The van der Waals surface area contributed by atoms with Gasteiger partial charge in [-0.1, -0.05) is 30.3 Å². The van der Waals surface area contributed by atoms with Crippen LogP contribution in [0.1, 0.15) is 43.1 Å². The number of aromatic amines is 1. The van der Waals surface area contributed by atoms with Gasteiger partial charge in [-0.05, 0) is 24.5 Å². The zero-order chi connectivity index (χ0) is 24.7. The van der Waals surface area contributed by atoms with Crippen LogP contribution in [0.3, 0.4) is 0 Å². The Morgan fingerprint density at radius 3 is 2.56 bits per heavy atom. The molecule has 5 heterocycles. The summed E-state index contributed by atoms with van der Waals surface area (Å²) in [4.78, 5) is 29.7. The molecule has 0 bridgehead atoms. The van der Waals surface area contributed by atoms with E-state index in [0.29, 0.717) is 5.82 Å². The number of aromatic nitrogens is 4. The number of carbonyl (C=O) groups excluding carboxylic acids is 1. The predicted octanol–water partition coefficient (Wildman–Crippen LogP) is 4.55. The highest BCUT2D eigenvalue weighted by Gasteiger charge is 2.36. The molecule has 0 spiro atoms. The first-order valence-corrected chi connectivity index (χ1v) is 12.7. The maximum Gasteiger partial charge on any atom is 0.251 e. The number of nitrogens with one attached hydrogen (secondary N) is 1. The molecule has 0 unspecified atom stereocenters. The molecule has 4 aromatic rings. The number of carbonyl (C=O) groups is 1. The molecule has 1 aromatic carbocycles. The maximum absolute atomic E-state index is 13.6. The van der Waals surface area contributed by atoms with Gasteiger partial charge < -0.3 is 14.5 Å². The molecule has 9 heteroatoms. The van der Waals surface area contributed by atoms with Crippen molar-refractivity contribution in [1.29, 1.82) is 0 Å². The molecule has 6 rings (SSSR count). The number of rotatable bonds is 5. The predicted molar refractivity (Wildman–Crippen MR) is 134 cm³/mol. The van der Waals surface area contributed by atoms with Crippen LogP contribution in [0.5, 0.6) is 0 Å². The third-order valence-corrected chi connectivity index (χ3v) is 7.64. The fourth-order valence-corrected chi connectivity index (χ4v) is 5.67. The second kappa shape index (κ2) is 9.28. The van der Waals surface area contributed by atoms with Crippen LogP contribution in [0.25, 0.3) is 22.1 Å². The number of fused-ring (bicyclic) bond motifs is 3. The van der Waals surface area contributed by atoms with E-state index in [1.54, 1.807) is 11.1 Å². The van der Waals surface area contributed by atoms with E-state index in [-0.39, 0.29) is 44.3 Å². The number of H-pyrrole nitrogens is 1. The lowest BCUT2D eigenvalue weighted by molar-refractivity contribution is -0.136. The third-order valence-electron chi connectivity index (χ3n) is 7.64. The molecule has 1 N–H and O–H groups in total. The van der Waals surface area contributed by atoms with Crippen molar-refractivity contribution in [2.75, 3.05) is 26.2 Å². The molecule has 3 aromatic heterocycles. The number of piperidine rings is 2. The highest BCUT2D eigenvalue weighted by Crippen LogP contribution is 2.33. The van der Waals surface area contributed by atoms with Crippen LogP contribution in [0, 0.1) is 0 Å². The van der Waals surface area contributed by atoms with E-state index < -0.39 is 5.92 Å². The van der Waals surface area contributed by atoms with Crippen molar-refractivity contribution < 1.29 is 13.6 Å². The Kier molecular flexibility index (Phi) is 5.95. The number of pyridine rings is 1. The van der Waals surface area contributed by atoms with Gasteiger partial charge in [0.15, 0.2) is 0 Å². The van der Waals surface area contributed by atoms with Crippen molar-refractivity contribution in [3.8, 4) is 0 Å². The van der Waals surface area contributed by atoms with Crippen LogP contribution in [-0.2, 0) is 17.8 Å². The second-order valence-corrected chi connectivity index (χ2v) is 10.0. The van der Waals surface area contributed by atoms with E-state index in [1.807, 2.05) is 18.3 Å². The molecule has 2 fully saturated rings. The summed E-state index contributed by atoms with van der Waals surface area (Å²) in [5, 5.41) is 0.989. The van der Waals surface area contributed by atoms with Crippen LogP contribution in [0.15, 0.2) is 48.8 Å². The van der Waals surface area contributed by atoms with Gasteiger partial charge in [-0.3, -0.25) is 9.69 Å². The molecule has 2 aliphatic heterocycles. The summed E-state index contributed by atoms with van der Waals surface area (Å²) in [7, 11) is 0. The Morgan fingerprint density at radius 2 is 1.81 bits per heavy atom. The number of imidazole rings is 1. The summed E-state index contributed by atoms with van der Waals surface area (Å²) in [6.45, 7) is 3.01. The first-order chi connectivity index (χ1) is 17.5. The number of hydrogen-bond acceptors (Lipinski definition) is 4. The minimum atomic E-state index is -2.68. The summed E-state index contributed by atoms with van der Waals surface area (Å²) in [5.74, 6) is -2.12. The van der Waals surface area contributed by atoms with E-state index in [9.17, 15) is 13.6 Å². The molecule has 2 saturated heterocycles. The molecular formula is C27H30F2N6O. The van der Waals surface area contributed by atoms with E-state index in [2.05, 4.69) is 43.7 Å². The Bertz CT molecular complexity index is 1360. The number of amides is 1. The smallest absolute Gasteiger partial charge is 0.251 e. The Balaban J connectivity index is 1.27. The first kappa shape index (κ1) is 23.1. The summed E-state index contributed by atoms with van der Waals surface area (Å²) >= 11 is 0. The summed E-state index contributed by atoms with van der Waals surface area (Å²) in [6, 6.07) is 12.7. The summed E-state index contributed by atoms with van der Waals surface area (Å²) < 4.78 is 29.5. The summed E-state index contributed by atoms with van der Waals surface area (Å²) in [5.41, 5.74) is 3.86. The van der Waals surface area contributed by atoms with Crippen molar-refractivity contribution >= 4 is 28.0 Å². The van der Waals surface area contributed by atoms with Gasteiger partial charge in [-0.15, -0.1) is 0 Å². The van der Waals surface area contributed by atoms with E-state index in [0.717, 1.165) is 54.5 Å². The molecule has 0 radical (unpaired) electrons.